The number of nitrogens with zero attached hydrogens (tertiary/aromatic N) is 2. The van der Waals surface area contributed by atoms with Crippen LogP contribution in [-0.2, 0) is 0 Å². The molecule has 0 fully saturated rings. The Morgan fingerprint density at radius 2 is 2.05 bits per heavy atom. The standard InChI is InChI=1S/C13H16N4O2S/c1-6-10(8(3)18)7(2)16-11(6)12(19)9(4)20-13-14-5-15-17-13/h5,9,16H,1-4H3,(H,14,15,17). The van der Waals surface area contributed by atoms with Gasteiger partial charge in [0.1, 0.15) is 6.33 Å². The van der Waals surface area contributed by atoms with Crippen LogP contribution in [0.25, 0.3) is 0 Å². The molecule has 0 saturated heterocycles. The monoisotopic (exact) mass is 292 g/mol. The molecule has 0 amide bonds. The van der Waals surface area contributed by atoms with Crippen LogP contribution in [0.1, 0.15) is 46.0 Å². The van der Waals surface area contributed by atoms with E-state index >= 15 is 0 Å². The number of aromatic nitrogens is 4. The van der Waals surface area contributed by atoms with Gasteiger partial charge in [-0.3, -0.25) is 14.7 Å². The predicted molar refractivity (Wildman–Crippen MR) is 76.3 cm³/mol. The van der Waals surface area contributed by atoms with Crippen LogP contribution in [0.5, 0.6) is 0 Å². The fourth-order valence-corrected chi connectivity index (χ4v) is 2.97. The van der Waals surface area contributed by atoms with Gasteiger partial charge in [-0.15, -0.1) is 0 Å². The Morgan fingerprint density at radius 1 is 1.35 bits per heavy atom. The zero-order chi connectivity index (χ0) is 14.9. The fourth-order valence-electron chi connectivity index (χ4n) is 2.20. The van der Waals surface area contributed by atoms with Gasteiger partial charge in [-0.25, -0.2) is 4.98 Å². The summed E-state index contributed by atoms with van der Waals surface area (Å²) >= 11 is 1.30. The molecule has 0 saturated carbocycles. The molecule has 0 spiro atoms. The summed E-state index contributed by atoms with van der Waals surface area (Å²) in [6.45, 7) is 6.90. The zero-order valence-electron chi connectivity index (χ0n) is 11.8. The summed E-state index contributed by atoms with van der Waals surface area (Å²) < 4.78 is 0. The highest BCUT2D eigenvalue weighted by Gasteiger charge is 2.24. The van der Waals surface area contributed by atoms with Crippen LogP contribution >= 0.6 is 11.8 Å². The Labute approximate surface area is 120 Å². The van der Waals surface area contributed by atoms with Gasteiger partial charge in [-0.05, 0) is 33.3 Å². The Hall–Kier alpha value is -1.89. The number of aryl methyl sites for hydroxylation is 1. The molecule has 2 aromatic rings. The molecule has 0 aliphatic heterocycles. The van der Waals surface area contributed by atoms with E-state index in [4.69, 9.17) is 0 Å². The van der Waals surface area contributed by atoms with Gasteiger partial charge in [0.25, 0.3) is 0 Å². The van der Waals surface area contributed by atoms with Crippen molar-refractivity contribution < 1.29 is 9.59 Å². The number of hydrogen-bond donors (Lipinski definition) is 2. The summed E-state index contributed by atoms with van der Waals surface area (Å²) in [6.07, 6.45) is 1.40. The second kappa shape index (κ2) is 5.62. The number of aromatic amines is 2. The second-order valence-corrected chi connectivity index (χ2v) is 5.93. The lowest BCUT2D eigenvalue weighted by atomic mass is 10.0. The molecule has 2 aromatic heterocycles. The molecule has 2 N–H and O–H groups in total. The van der Waals surface area contributed by atoms with Crippen LogP contribution in [-0.4, -0.2) is 37.0 Å². The van der Waals surface area contributed by atoms with Crippen molar-refractivity contribution in [3.05, 3.63) is 28.8 Å². The minimum atomic E-state index is -0.320. The smallest absolute Gasteiger partial charge is 0.192 e. The average molecular weight is 292 g/mol. The molecule has 0 bridgehead atoms. The highest BCUT2D eigenvalue weighted by molar-refractivity contribution is 8.00. The van der Waals surface area contributed by atoms with Gasteiger partial charge in [0.05, 0.1) is 10.9 Å². The third kappa shape index (κ3) is 2.67. The highest BCUT2D eigenvalue weighted by atomic mass is 32.2. The molecular formula is C13H16N4O2S. The predicted octanol–water partition coefficient (Wildman–Crippen LogP) is 2.32. The third-order valence-corrected chi connectivity index (χ3v) is 4.07. The molecular weight excluding hydrogens is 276 g/mol. The number of thioether (sulfide) groups is 1. The first kappa shape index (κ1) is 14.5. The first-order valence-corrected chi connectivity index (χ1v) is 7.06. The number of carbonyl (C=O) groups excluding carboxylic acids is 2. The lowest BCUT2D eigenvalue weighted by molar-refractivity contribution is 0.0988. The molecule has 2 heterocycles. The van der Waals surface area contributed by atoms with E-state index in [2.05, 4.69) is 20.2 Å². The molecule has 0 aliphatic rings. The number of ketones is 2. The van der Waals surface area contributed by atoms with Gasteiger partial charge in [-0.1, -0.05) is 11.8 Å². The maximum Gasteiger partial charge on any atom is 0.192 e. The minimum Gasteiger partial charge on any atom is -0.355 e. The van der Waals surface area contributed by atoms with Crippen molar-refractivity contribution in [3.8, 4) is 0 Å². The Morgan fingerprint density at radius 3 is 2.55 bits per heavy atom. The lowest BCUT2D eigenvalue weighted by Gasteiger charge is -2.07. The van der Waals surface area contributed by atoms with E-state index in [1.54, 1.807) is 20.8 Å². The maximum atomic E-state index is 12.5. The Bertz CT molecular complexity index is 646. The number of carbonyl (C=O) groups is 2. The van der Waals surface area contributed by atoms with Crippen molar-refractivity contribution in [3.63, 3.8) is 0 Å². The van der Waals surface area contributed by atoms with Crippen molar-refractivity contribution in [2.45, 2.75) is 38.1 Å². The normalized spacial score (nSPS) is 12.4. The van der Waals surface area contributed by atoms with E-state index in [0.717, 1.165) is 5.69 Å². The van der Waals surface area contributed by atoms with Crippen LogP contribution in [0.15, 0.2) is 11.5 Å². The first-order chi connectivity index (χ1) is 9.41. The van der Waals surface area contributed by atoms with Crippen molar-refractivity contribution in [1.82, 2.24) is 20.2 Å². The fraction of sp³-hybridized carbons (Fsp3) is 0.385. The zero-order valence-corrected chi connectivity index (χ0v) is 12.6. The molecule has 1 atom stereocenters. The lowest BCUT2D eigenvalue weighted by Crippen LogP contribution is -2.15. The first-order valence-electron chi connectivity index (χ1n) is 6.18. The van der Waals surface area contributed by atoms with Gasteiger partial charge < -0.3 is 4.98 Å². The van der Waals surface area contributed by atoms with Gasteiger partial charge >= 0.3 is 0 Å². The van der Waals surface area contributed by atoms with Crippen LogP contribution in [0, 0.1) is 13.8 Å². The quantitative estimate of drug-likeness (QED) is 0.652. The molecule has 6 nitrogen and oxygen atoms in total. The maximum absolute atomic E-state index is 12.5. The third-order valence-electron chi connectivity index (χ3n) is 3.09. The van der Waals surface area contributed by atoms with E-state index in [9.17, 15) is 9.59 Å². The van der Waals surface area contributed by atoms with E-state index in [-0.39, 0.29) is 16.8 Å². The van der Waals surface area contributed by atoms with Gasteiger partial charge in [-0.2, -0.15) is 5.10 Å². The van der Waals surface area contributed by atoms with E-state index < -0.39 is 0 Å². The van der Waals surface area contributed by atoms with Crippen LogP contribution in [0.2, 0.25) is 0 Å². The van der Waals surface area contributed by atoms with E-state index in [0.29, 0.717) is 22.0 Å². The summed E-state index contributed by atoms with van der Waals surface area (Å²) in [6, 6.07) is 0. The van der Waals surface area contributed by atoms with Crippen molar-refractivity contribution in [2.24, 2.45) is 0 Å². The van der Waals surface area contributed by atoms with Crippen molar-refractivity contribution >= 4 is 23.3 Å². The number of H-pyrrole nitrogens is 2. The van der Waals surface area contributed by atoms with Crippen molar-refractivity contribution in [2.75, 3.05) is 0 Å². The highest BCUT2D eigenvalue weighted by Crippen LogP contribution is 2.25. The summed E-state index contributed by atoms with van der Waals surface area (Å²) in [5, 5.41) is 6.73. The summed E-state index contributed by atoms with van der Waals surface area (Å²) in [7, 11) is 0. The average Bonchev–Trinajstić information content (AvgIpc) is 2.96. The molecule has 0 radical (unpaired) electrons. The van der Waals surface area contributed by atoms with Gasteiger partial charge in [0, 0.05) is 11.3 Å². The molecule has 106 valence electrons. The van der Waals surface area contributed by atoms with Gasteiger partial charge in [0.2, 0.25) is 0 Å². The van der Waals surface area contributed by atoms with Crippen LogP contribution in [0.3, 0.4) is 0 Å². The van der Waals surface area contributed by atoms with E-state index in [1.165, 1.54) is 25.0 Å². The van der Waals surface area contributed by atoms with E-state index in [1.807, 2.05) is 0 Å². The molecule has 1 unspecified atom stereocenters. The summed E-state index contributed by atoms with van der Waals surface area (Å²) in [5.41, 5.74) is 2.54. The van der Waals surface area contributed by atoms with Gasteiger partial charge in [0.15, 0.2) is 16.7 Å². The number of Topliss-reactive ketones (excluding diaryl/α,β-unsaturated/α-hetero) is 2. The number of rotatable bonds is 5. The Kier molecular flexibility index (Phi) is 4.08. The molecule has 7 heteroatoms. The molecule has 2 rings (SSSR count). The topological polar surface area (TPSA) is 91.5 Å². The van der Waals surface area contributed by atoms with Crippen LogP contribution in [0.4, 0.5) is 0 Å². The van der Waals surface area contributed by atoms with Crippen LogP contribution < -0.4 is 0 Å². The number of nitrogens with one attached hydrogen (secondary N) is 2. The Balaban J connectivity index is 2.25. The molecule has 0 aliphatic carbocycles. The van der Waals surface area contributed by atoms with Crippen molar-refractivity contribution in [1.29, 1.82) is 0 Å². The molecule has 20 heavy (non-hydrogen) atoms. The SMILES string of the molecule is CC(=O)c1c(C)[nH]c(C(=O)C(C)Sc2ncn[nH]2)c1C. The minimum absolute atomic E-state index is 0.0363. The molecule has 0 aromatic carbocycles. The largest absolute Gasteiger partial charge is 0.355 e. The number of hydrogen-bond acceptors (Lipinski definition) is 5. The second-order valence-electron chi connectivity index (χ2n) is 4.60. The summed E-state index contributed by atoms with van der Waals surface area (Å²) in [5.74, 6) is -0.0923. The summed E-state index contributed by atoms with van der Waals surface area (Å²) in [4.78, 5) is 31.1.